The first-order chi connectivity index (χ1) is 8.42. The first-order valence-electron chi connectivity index (χ1n) is 5.56. The predicted molar refractivity (Wildman–Crippen MR) is 82.4 cm³/mol. The molecule has 0 bridgehead atoms. The fourth-order valence-electron chi connectivity index (χ4n) is 1.73. The molecular weight excluding hydrogens is 343 g/mol. The van der Waals surface area contributed by atoms with Gasteiger partial charge in [-0.25, -0.2) is 0 Å². The van der Waals surface area contributed by atoms with E-state index < -0.39 is 0 Å². The van der Waals surface area contributed by atoms with Crippen LogP contribution in [0.2, 0.25) is 0 Å². The van der Waals surface area contributed by atoms with Crippen LogP contribution < -0.4 is 10.2 Å². The first kappa shape index (κ1) is 15.0. The lowest BCUT2D eigenvalue weighted by Gasteiger charge is -2.09. The Labute approximate surface area is 121 Å². The van der Waals surface area contributed by atoms with Crippen LogP contribution in [0.25, 0.3) is 5.57 Å². The van der Waals surface area contributed by atoms with Crippen molar-refractivity contribution in [2.75, 3.05) is 7.11 Å². The van der Waals surface area contributed by atoms with E-state index in [1.807, 2.05) is 24.0 Å². The molecule has 1 rings (SSSR count). The van der Waals surface area contributed by atoms with Gasteiger partial charge in [-0.1, -0.05) is 28.7 Å². The highest BCUT2D eigenvalue weighted by Crippen LogP contribution is 2.25. The van der Waals surface area contributed by atoms with E-state index in [4.69, 9.17) is 9.15 Å². The van der Waals surface area contributed by atoms with Crippen LogP contribution in [0.3, 0.4) is 0 Å². The third kappa shape index (κ3) is 3.04. The first-order valence-corrected chi connectivity index (χ1v) is 6.80. The number of methoxy groups -OCH3 is 1. The zero-order chi connectivity index (χ0) is 13.9. The van der Waals surface area contributed by atoms with Gasteiger partial charge in [0.05, 0.1) is 12.7 Å². The maximum atomic E-state index is 12.0. The topological polar surface area (TPSA) is 39.4 Å². The van der Waals surface area contributed by atoms with Crippen LogP contribution in [0, 0.1) is 13.8 Å². The molecule has 1 aromatic heterocycles. The summed E-state index contributed by atoms with van der Waals surface area (Å²) in [7, 11) is 1.50. The SMILES string of the molecule is COc1oc(/C(C)=C/C(C)=C\I)c(C)c(=O)c1C. The smallest absolute Gasteiger partial charge is 0.291 e. The molecule has 0 aliphatic carbocycles. The highest BCUT2D eigenvalue weighted by Gasteiger charge is 2.14. The van der Waals surface area contributed by atoms with Crippen molar-refractivity contribution < 1.29 is 9.15 Å². The minimum Gasteiger partial charge on any atom is -0.468 e. The summed E-state index contributed by atoms with van der Waals surface area (Å²) >= 11 is 2.18. The predicted octanol–water partition coefficient (Wildman–Crippen LogP) is 4.01. The van der Waals surface area contributed by atoms with Crippen LogP contribution in [-0.2, 0) is 0 Å². The van der Waals surface area contributed by atoms with E-state index in [0.29, 0.717) is 16.9 Å². The second-order valence-corrected chi connectivity index (χ2v) is 4.81. The average molecular weight is 360 g/mol. The highest BCUT2D eigenvalue weighted by molar-refractivity contribution is 14.1. The second kappa shape index (κ2) is 6.22. The molecule has 1 aromatic rings. The fourth-order valence-corrected chi connectivity index (χ4v) is 1.91. The largest absolute Gasteiger partial charge is 0.468 e. The van der Waals surface area contributed by atoms with Crippen LogP contribution in [-0.4, -0.2) is 7.11 Å². The fraction of sp³-hybridized carbons (Fsp3) is 0.357. The van der Waals surface area contributed by atoms with Crippen LogP contribution in [0.4, 0.5) is 0 Å². The molecule has 0 unspecified atom stereocenters. The molecule has 0 N–H and O–H groups in total. The van der Waals surface area contributed by atoms with Gasteiger partial charge in [-0.2, -0.15) is 0 Å². The number of halogens is 1. The molecule has 98 valence electrons. The van der Waals surface area contributed by atoms with Gasteiger partial charge in [0, 0.05) is 5.56 Å². The average Bonchev–Trinajstić information content (AvgIpc) is 2.36. The Hall–Kier alpha value is -1.04. The standard InChI is InChI=1S/C14H17IO3/c1-8(7-15)6-9(2)13-10(3)12(16)11(4)14(17-5)18-13/h6-7H,1-5H3/b8-7-,9-6+. The van der Waals surface area contributed by atoms with Crippen molar-refractivity contribution in [3.8, 4) is 5.95 Å². The zero-order valence-corrected chi connectivity index (χ0v) is 13.4. The Bertz CT molecular complexity index is 565. The van der Waals surface area contributed by atoms with E-state index in [0.717, 1.165) is 11.1 Å². The van der Waals surface area contributed by atoms with Crippen molar-refractivity contribution in [3.05, 3.63) is 42.8 Å². The van der Waals surface area contributed by atoms with Gasteiger partial charge in [0.2, 0.25) is 0 Å². The van der Waals surface area contributed by atoms with Gasteiger partial charge in [-0.3, -0.25) is 4.79 Å². The van der Waals surface area contributed by atoms with Gasteiger partial charge in [-0.05, 0) is 42.9 Å². The van der Waals surface area contributed by atoms with Crippen LogP contribution >= 0.6 is 22.6 Å². The highest BCUT2D eigenvalue weighted by atomic mass is 127. The summed E-state index contributed by atoms with van der Waals surface area (Å²) in [6.45, 7) is 7.39. The molecule has 0 aliphatic rings. The van der Waals surface area contributed by atoms with Gasteiger partial charge in [-0.15, -0.1) is 0 Å². The van der Waals surface area contributed by atoms with Gasteiger partial charge < -0.3 is 9.15 Å². The van der Waals surface area contributed by atoms with Crippen molar-refractivity contribution in [3.63, 3.8) is 0 Å². The minimum absolute atomic E-state index is 0.0306. The lowest BCUT2D eigenvalue weighted by Crippen LogP contribution is -2.12. The van der Waals surface area contributed by atoms with Crippen molar-refractivity contribution in [1.29, 1.82) is 0 Å². The van der Waals surface area contributed by atoms with Crippen molar-refractivity contribution >= 4 is 28.2 Å². The molecule has 0 spiro atoms. The van der Waals surface area contributed by atoms with Crippen molar-refractivity contribution in [2.24, 2.45) is 0 Å². The Morgan fingerprint density at radius 1 is 1.28 bits per heavy atom. The van der Waals surface area contributed by atoms with Gasteiger partial charge in [0.1, 0.15) is 5.76 Å². The number of ether oxygens (including phenoxy) is 1. The number of hydrogen-bond donors (Lipinski definition) is 0. The summed E-state index contributed by atoms with van der Waals surface area (Å²) in [6, 6.07) is 0. The Morgan fingerprint density at radius 2 is 1.89 bits per heavy atom. The molecule has 3 nitrogen and oxygen atoms in total. The lowest BCUT2D eigenvalue weighted by atomic mass is 10.1. The van der Waals surface area contributed by atoms with Crippen molar-refractivity contribution in [1.82, 2.24) is 0 Å². The van der Waals surface area contributed by atoms with Gasteiger partial charge >= 0.3 is 0 Å². The molecule has 0 atom stereocenters. The van der Waals surface area contributed by atoms with E-state index in [-0.39, 0.29) is 11.4 Å². The molecular formula is C14H17IO3. The number of rotatable bonds is 3. The van der Waals surface area contributed by atoms with E-state index >= 15 is 0 Å². The lowest BCUT2D eigenvalue weighted by molar-refractivity contribution is 0.288. The normalized spacial score (nSPS) is 12.8. The van der Waals surface area contributed by atoms with Crippen LogP contribution in [0.1, 0.15) is 30.7 Å². The van der Waals surface area contributed by atoms with Gasteiger partial charge in [0.15, 0.2) is 5.43 Å². The number of allylic oxidation sites excluding steroid dienone is 3. The van der Waals surface area contributed by atoms with Crippen LogP contribution in [0.5, 0.6) is 5.95 Å². The Kier molecular flexibility index (Phi) is 5.19. The van der Waals surface area contributed by atoms with E-state index in [9.17, 15) is 4.79 Å². The van der Waals surface area contributed by atoms with Crippen LogP contribution in [0.15, 0.2) is 24.9 Å². The number of hydrogen-bond acceptors (Lipinski definition) is 3. The summed E-state index contributed by atoms with van der Waals surface area (Å²) in [4.78, 5) is 12.0. The molecule has 0 saturated heterocycles. The molecule has 1 heterocycles. The van der Waals surface area contributed by atoms with E-state index in [2.05, 4.69) is 22.6 Å². The van der Waals surface area contributed by atoms with E-state index in [1.165, 1.54) is 7.11 Å². The maximum Gasteiger partial charge on any atom is 0.291 e. The summed E-state index contributed by atoms with van der Waals surface area (Å²) in [6.07, 6.45) is 1.98. The molecule has 0 fully saturated rings. The van der Waals surface area contributed by atoms with Gasteiger partial charge in [0.25, 0.3) is 5.95 Å². The maximum absolute atomic E-state index is 12.0. The summed E-state index contributed by atoms with van der Waals surface area (Å²) < 4.78 is 12.7. The third-order valence-electron chi connectivity index (χ3n) is 2.68. The summed E-state index contributed by atoms with van der Waals surface area (Å²) in [5, 5.41) is 0. The quantitative estimate of drug-likeness (QED) is 0.604. The monoisotopic (exact) mass is 360 g/mol. The molecule has 0 aliphatic heterocycles. The Balaban J connectivity index is 3.47. The molecule has 0 aromatic carbocycles. The summed E-state index contributed by atoms with van der Waals surface area (Å²) in [5.41, 5.74) is 3.11. The van der Waals surface area contributed by atoms with Crippen molar-refractivity contribution in [2.45, 2.75) is 27.7 Å². The molecule has 0 saturated carbocycles. The Morgan fingerprint density at radius 3 is 2.39 bits per heavy atom. The third-order valence-corrected chi connectivity index (χ3v) is 3.66. The molecule has 0 radical (unpaired) electrons. The minimum atomic E-state index is -0.0306. The summed E-state index contributed by atoms with van der Waals surface area (Å²) in [5.74, 6) is 0.865. The molecule has 0 amide bonds. The molecule has 18 heavy (non-hydrogen) atoms. The van der Waals surface area contributed by atoms with E-state index in [1.54, 1.807) is 13.8 Å². The second-order valence-electron chi connectivity index (χ2n) is 4.18. The zero-order valence-electron chi connectivity index (χ0n) is 11.3. The molecule has 4 heteroatoms.